The van der Waals surface area contributed by atoms with Gasteiger partial charge in [0.2, 0.25) is 23.0 Å². The number of methoxy groups -OCH3 is 3. The molecule has 0 aliphatic heterocycles. The van der Waals surface area contributed by atoms with Gasteiger partial charge in [0.1, 0.15) is 0 Å². The first-order valence-electron chi connectivity index (χ1n) is 14.1. The Morgan fingerprint density at radius 1 is 0.950 bits per heavy atom. The molecule has 1 aliphatic rings. The maximum absolute atomic E-state index is 13.3. The molecular weight excluding hydrogens is 510 g/mol. The molecule has 40 heavy (non-hydrogen) atoms. The van der Waals surface area contributed by atoms with Crippen molar-refractivity contribution in [1.82, 2.24) is 10.6 Å². The van der Waals surface area contributed by atoms with Crippen molar-refractivity contribution in [1.29, 1.82) is 0 Å². The van der Waals surface area contributed by atoms with Crippen molar-refractivity contribution in [3.05, 3.63) is 45.6 Å². The van der Waals surface area contributed by atoms with Gasteiger partial charge in [-0.2, -0.15) is 0 Å². The van der Waals surface area contributed by atoms with Crippen molar-refractivity contribution in [2.45, 2.75) is 71.3 Å². The predicted molar refractivity (Wildman–Crippen MR) is 158 cm³/mol. The number of rotatable bonds is 14. The van der Waals surface area contributed by atoms with E-state index in [1.165, 1.54) is 38.7 Å². The average molecular weight is 554 g/mol. The Hall–Kier alpha value is -3.75. The molecule has 0 bridgehead atoms. The highest BCUT2D eigenvalue weighted by Gasteiger charge is 2.29. The van der Waals surface area contributed by atoms with Crippen LogP contribution < -0.4 is 35.6 Å². The fourth-order valence-corrected chi connectivity index (χ4v) is 5.22. The summed E-state index contributed by atoms with van der Waals surface area (Å²) in [4.78, 5) is 37.9. The lowest BCUT2D eigenvalue weighted by Crippen LogP contribution is -2.31. The topological polar surface area (TPSA) is 115 Å². The number of nitrogens with one attached hydrogen (secondary N) is 3. The van der Waals surface area contributed by atoms with Gasteiger partial charge in [-0.15, -0.1) is 0 Å². The van der Waals surface area contributed by atoms with Crippen molar-refractivity contribution in [3.63, 3.8) is 0 Å². The first kappa shape index (κ1) is 30.8. The second-order valence-corrected chi connectivity index (χ2v) is 10.1. The Balaban J connectivity index is 1.91. The third kappa shape index (κ3) is 7.67. The van der Waals surface area contributed by atoms with Crippen LogP contribution in [0.2, 0.25) is 0 Å². The van der Waals surface area contributed by atoms with E-state index in [4.69, 9.17) is 14.2 Å². The van der Waals surface area contributed by atoms with Gasteiger partial charge in [-0.25, -0.2) is 0 Å². The van der Waals surface area contributed by atoms with Crippen LogP contribution in [0.5, 0.6) is 17.2 Å². The van der Waals surface area contributed by atoms with Crippen LogP contribution in [0.4, 0.5) is 5.69 Å². The summed E-state index contributed by atoms with van der Waals surface area (Å²) in [7, 11) is 4.68. The molecule has 0 saturated heterocycles. The molecule has 0 aromatic heterocycles. The first-order chi connectivity index (χ1) is 19.3. The third-order valence-electron chi connectivity index (χ3n) is 7.21. The molecule has 9 nitrogen and oxygen atoms in total. The molecule has 0 heterocycles. The zero-order valence-corrected chi connectivity index (χ0v) is 24.4. The monoisotopic (exact) mass is 553 g/mol. The highest BCUT2D eigenvalue weighted by molar-refractivity contribution is 5.84. The Morgan fingerprint density at radius 3 is 2.35 bits per heavy atom. The maximum atomic E-state index is 13.3. The largest absolute Gasteiger partial charge is 0.493 e. The molecule has 0 saturated carbocycles. The summed E-state index contributed by atoms with van der Waals surface area (Å²) in [5.74, 6) is 1.12. The molecule has 2 aromatic carbocycles. The molecule has 2 aromatic rings. The van der Waals surface area contributed by atoms with Crippen molar-refractivity contribution in [2.24, 2.45) is 0 Å². The van der Waals surface area contributed by atoms with Gasteiger partial charge in [-0.1, -0.05) is 45.1 Å². The highest BCUT2D eigenvalue weighted by atomic mass is 16.5. The van der Waals surface area contributed by atoms with E-state index < -0.39 is 6.04 Å². The van der Waals surface area contributed by atoms with E-state index in [0.717, 1.165) is 29.5 Å². The van der Waals surface area contributed by atoms with Crippen LogP contribution >= 0.6 is 0 Å². The third-order valence-corrected chi connectivity index (χ3v) is 7.21. The van der Waals surface area contributed by atoms with Crippen molar-refractivity contribution >= 4 is 17.5 Å². The smallest absolute Gasteiger partial charge is 0.239 e. The maximum Gasteiger partial charge on any atom is 0.239 e. The number of hydrogen-bond donors (Lipinski definition) is 3. The number of aryl methyl sites for hydroxylation is 1. The minimum Gasteiger partial charge on any atom is -0.493 e. The van der Waals surface area contributed by atoms with Crippen LogP contribution in [-0.2, 0) is 16.0 Å². The SMILES string of the molecule is CCCCCCCCNC(=O)CNc1ccc2c(cc1=O)C(NC(C)=O)CCc1cc(OC)c(OC)c(OC)c1-2. The summed E-state index contributed by atoms with van der Waals surface area (Å²) in [6.07, 6.45) is 8.09. The second kappa shape index (κ2) is 15.1. The molecule has 0 spiro atoms. The predicted octanol–water partition coefficient (Wildman–Crippen LogP) is 4.75. The van der Waals surface area contributed by atoms with Gasteiger partial charge < -0.3 is 30.2 Å². The summed E-state index contributed by atoms with van der Waals surface area (Å²) < 4.78 is 17.0. The van der Waals surface area contributed by atoms with Crippen molar-refractivity contribution in [3.8, 4) is 28.4 Å². The fourth-order valence-electron chi connectivity index (χ4n) is 5.22. The van der Waals surface area contributed by atoms with Gasteiger partial charge >= 0.3 is 0 Å². The molecule has 0 fully saturated rings. The second-order valence-electron chi connectivity index (χ2n) is 10.1. The van der Waals surface area contributed by atoms with Crippen LogP contribution in [0.15, 0.2) is 29.1 Å². The normalized spacial score (nSPS) is 13.8. The van der Waals surface area contributed by atoms with E-state index in [1.807, 2.05) is 12.1 Å². The highest BCUT2D eigenvalue weighted by Crippen LogP contribution is 2.50. The van der Waals surface area contributed by atoms with Gasteiger partial charge in [-0.3, -0.25) is 14.4 Å². The molecule has 0 radical (unpaired) electrons. The Kier molecular flexibility index (Phi) is 11.7. The number of anilines is 1. The van der Waals surface area contributed by atoms with Crippen molar-refractivity contribution in [2.75, 3.05) is 39.7 Å². The number of carbonyl (C=O) groups is 2. The van der Waals surface area contributed by atoms with Crippen LogP contribution in [0.25, 0.3) is 11.1 Å². The average Bonchev–Trinajstić information content (AvgIpc) is 3.18. The van der Waals surface area contributed by atoms with E-state index in [0.29, 0.717) is 47.9 Å². The number of hydrogen-bond acceptors (Lipinski definition) is 7. The number of benzene rings is 1. The molecule has 3 rings (SSSR count). The van der Waals surface area contributed by atoms with Gasteiger partial charge in [0.25, 0.3) is 0 Å². The zero-order valence-electron chi connectivity index (χ0n) is 24.4. The molecule has 1 atom stereocenters. The molecule has 218 valence electrons. The number of fused-ring (bicyclic) bond motifs is 3. The summed E-state index contributed by atoms with van der Waals surface area (Å²) >= 11 is 0. The van der Waals surface area contributed by atoms with E-state index in [9.17, 15) is 14.4 Å². The van der Waals surface area contributed by atoms with Gasteiger partial charge in [0.15, 0.2) is 11.5 Å². The van der Waals surface area contributed by atoms with E-state index >= 15 is 0 Å². The van der Waals surface area contributed by atoms with E-state index in [-0.39, 0.29) is 23.8 Å². The van der Waals surface area contributed by atoms with E-state index in [2.05, 4.69) is 22.9 Å². The molecule has 1 unspecified atom stereocenters. The van der Waals surface area contributed by atoms with Gasteiger partial charge in [-0.05, 0) is 54.2 Å². The Morgan fingerprint density at radius 2 is 1.68 bits per heavy atom. The Bertz CT molecular complexity index is 1250. The quantitative estimate of drug-likeness (QED) is 0.289. The summed E-state index contributed by atoms with van der Waals surface area (Å²) in [5.41, 5.74) is 3.16. The lowest BCUT2D eigenvalue weighted by atomic mass is 9.95. The number of unbranched alkanes of at least 4 members (excludes halogenated alkanes) is 5. The van der Waals surface area contributed by atoms with E-state index in [1.54, 1.807) is 27.4 Å². The lowest BCUT2D eigenvalue weighted by molar-refractivity contribution is -0.120. The standard InChI is InChI=1S/C31H43N3O6/c1-6-7-8-9-10-11-16-32-28(37)19-33-25-15-13-22-23(18-26(25)36)24(34-20(2)35)14-12-21-17-27(38-3)30(39-4)31(40-5)29(21)22/h13,15,17-18,24H,6-12,14,16,19H2,1-5H3,(H,32,37)(H,33,36)(H,34,35). The molecular formula is C31H43N3O6. The van der Waals surface area contributed by atoms with Gasteiger partial charge in [0.05, 0.1) is 39.6 Å². The summed E-state index contributed by atoms with van der Waals surface area (Å²) in [6.45, 7) is 4.26. The first-order valence-corrected chi connectivity index (χ1v) is 14.1. The van der Waals surface area contributed by atoms with Crippen LogP contribution in [-0.4, -0.2) is 46.2 Å². The number of ether oxygens (including phenoxy) is 3. The fraction of sp³-hybridized carbons (Fsp3) is 0.516. The van der Waals surface area contributed by atoms with Crippen LogP contribution in [0.3, 0.4) is 0 Å². The summed E-state index contributed by atoms with van der Waals surface area (Å²) in [6, 6.07) is 6.57. The number of amides is 2. The minimum atomic E-state index is -0.393. The van der Waals surface area contributed by atoms with Crippen molar-refractivity contribution < 1.29 is 23.8 Å². The molecule has 2 amide bonds. The molecule has 1 aliphatic carbocycles. The zero-order chi connectivity index (χ0) is 29.1. The number of carbonyl (C=O) groups excluding carboxylic acids is 2. The van der Waals surface area contributed by atoms with Crippen LogP contribution in [0.1, 0.15) is 76.0 Å². The molecule has 3 N–H and O–H groups in total. The van der Waals surface area contributed by atoms with Gasteiger partial charge in [0, 0.05) is 19.0 Å². The lowest BCUT2D eigenvalue weighted by Gasteiger charge is -2.19. The minimum absolute atomic E-state index is 0.0141. The van der Waals surface area contributed by atoms with Crippen LogP contribution in [0, 0.1) is 0 Å². The molecule has 9 heteroatoms. The summed E-state index contributed by atoms with van der Waals surface area (Å²) in [5, 5.41) is 8.92. The Labute approximate surface area is 237 Å².